The molecular formula is C13H13BrClNO3. The van der Waals surface area contributed by atoms with Crippen molar-refractivity contribution in [2.75, 3.05) is 0 Å². The molecule has 4 nitrogen and oxygen atoms in total. The summed E-state index contributed by atoms with van der Waals surface area (Å²) in [6.07, 6.45) is 1.87. The van der Waals surface area contributed by atoms with Gasteiger partial charge in [-0.1, -0.05) is 17.7 Å². The number of amides is 1. The molecule has 19 heavy (non-hydrogen) atoms. The summed E-state index contributed by atoms with van der Waals surface area (Å²) in [5.41, 5.74) is 0.354. The molecule has 102 valence electrons. The van der Waals surface area contributed by atoms with Crippen molar-refractivity contribution in [2.24, 2.45) is 5.92 Å². The van der Waals surface area contributed by atoms with E-state index >= 15 is 0 Å². The molecule has 0 heterocycles. The average Bonchev–Trinajstić information content (AvgIpc) is 3.15. The number of aliphatic carboxylic acids is 1. The van der Waals surface area contributed by atoms with Gasteiger partial charge < -0.3 is 10.4 Å². The van der Waals surface area contributed by atoms with Gasteiger partial charge in [-0.3, -0.25) is 9.59 Å². The van der Waals surface area contributed by atoms with Crippen LogP contribution < -0.4 is 5.32 Å². The molecular weight excluding hydrogens is 334 g/mol. The Bertz CT molecular complexity index is 517. The van der Waals surface area contributed by atoms with Crippen LogP contribution in [0.4, 0.5) is 0 Å². The number of carboxylic acid groups (broad SMARTS) is 1. The van der Waals surface area contributed by atoms with Crippen molar-refractivity contribution in [3.63, 3.8) is 0 Å². The van der Waals surface area contributed by atoms with E-state index in [0.29, 0.717) is 15.1 Å². The fourth-order valence-electron chi connectivity index (χ4n) is 1.95. The van der Waals surface area contributed by atoms with E-state index in [1.54, 1.807) is 18.2 Å². The highest BCUT2D eigenvalue weighted by atomic mass is 79.9. The molecule has 1 amide bonds. The van der Waals surface area contributed by atoms with Crippen LogP contribution in [0.2, 0.25) is 5.02 Å². The summed E-state index contributed by atoms with van der Waals surface area (Å²) in [7, 11) is 0. The van der Waals surface area contributed by atoms with Crippen molar-refractivity contribution in [2.45, 2.75) is 25.3 Å². The van der Waals surface area contributed by atoms with Crippen LogP contribution >= 0.6 is 27.5 Å². The topological polar surface area (TPSA) is 66.4 Å². The zero-order valence-corrected chi connectivity index (χ0v) is 12.4. The summed E-state index contributed by atoms with van der Waals surface area (Å²) < 4.78 is 0.642. The molecule has 1 atom stereocenters. The van der Waals surface area contributed by atoms with Gasteiger partial charge in [-0.25, -0.2) is 0 Å². The predicted molar refractivity (Wildman–Crippen MR) is 75.4 cm³/mol. The summed E-state index contributed by atoms with van der Waals surface area (Å²) in [6, 6.07) is 4.76. The molecule has 0 radical (unpaired) electrons. The second-order valence-electron chi connectivity index (χ2n) is 4.62. The first-order chi connectivity index (χ1) is 8.99. The van der Waals surface area contributed by atoms with Crippen LogP contribution in [0.25, 0.3) is 0 Å². The molecule has 2 rings (SSSR count). The van der Waals surface area contributed by atoms with Crippen LogP contribution in [0.1, 0.15) is 29.6 Å². The Morgan fingerprint density at radius 1 is 1.47 bits per heavy atom. The highest BCUT2D eigenvalue weighted by Crippen LogP contribution is 2.34. The lowest BCUT2D eigenvalue weighted by Gasteiger charge is -2.16. The van der Waals surface area contributed by atoms with Crippen molar-refractivity contribution in [1.29, 1.82) is 0 Å². The van der Waals surface area contributed by atoms with Gasteiger partial charge in [0.2, 0.25) is 0 Å². The van der Waals surface area contributed by atoms with Crippen molar-refractivity contribution in [3.05, 3.63) is 33.3 Å². The van der Waals surface area contributed by atoms with E-state index in [9.17, 15) is 9.59 Å². The third-order valence-electron chi connectivity index (χ3n) is 3.10. The number of carbonyl (C=O) groups is 2. The molecule has 0 spiro atoms. The quantitative estimate of drug-likeness (QED) is 0.861. The number of carboxylic acids is 1. The Morgan fingerprint density at radius 2 is 2.16 bits per heavy atom. The SMILES string of the molecule is O=C(O)CC(NC(=O)c1cccc(Br)c1Cl)C1CC1. The molecule has 0 saturated heterocycles. The molecule has 0 aliphatic heterocycles. The third kappa shape index (κ3) is 3.70. The van der Waals surface area contributed by atoms with Crippen LogP contribution in [0.3, 0.4) is 0 Å². The van der Waals surface area contributed by atoms with Crippen molar-refractivity contribution >= 4 is 39.4 Å². The number of rotatable bonds is 5. The predicted octanol–water partition coefficient (Wildman–Crippen LogP) is 3.09. The Balaban J connectivity index is 2.10. The van der Waals surface area contributed by atoms with Gasteiger partial charge in [0.15, 0.2) is 0 Å². The standard InChI is InChI=1S/C13H13BrClNO3/c14-9-3-1-2-8(12(9)15)13(19)16-10(6-11(17)18)7-4-5-7/h1-3,7,10H,4-6H2,(H,16,19)(H,17,18). The van der Waals surface area contributed by atoms with Crippen LogP contribution in [-0.4, -0.2) is 23.0 Å². The summed E-state index contributed by atoms with van der Waals surface area (Å²) in [5, 5.41) is 12.0. The number of halogens is 2. The molecule has 1 aliphatic rings. The van der Waals surface area contributed by atoms with Gasteiger partial charge >= 0.3 is 5.97 Å². The summed E-state index contributed by atoms with van der Waals surface area (Å²) in [5.74, 6) is -0.965. The Morgan fingerprint density at radius 3 is 2.74 bits per heavy atom. The maximum absolute atomic E-state index is 12.1. The first-order valence-corrected chi connectivity index (χ1v) is 7.13. The normalized spacial score (nSPS) is 15.9. The maximum Gasteiger partial charge on any atom is 0.305 e. The minimum atomic E-state index is -0.905. The number of nitrogens with one attached hydrogen (secondary N) is 1. The first-order valence-electron chi connectivity index (χ1n) is 5.95. The van der Waals surface area contributed by atoms with E-state index in [0.717, 1.165) is 12.8 Å². The van der Waals surface area contributed by atoms with E-state index in [4.69, 9.17) is 16.7 Å². The molecule has 1 fully saturated rings. The second kappa shape index (κ2) is 5.92. The highest BCUT2D eigenvalue weighted by Gasteiger charge is 2.34. The third-order valence-corrected chi connectivity index (χ3v) is 4.39. The van der Waals surface area contributed by atoms with Crippen LogP contribution in [0.15, 0.2) is 22.7 Å². The summed E-state index contributed by atoms with van der Waals surface area (Å²) in [6.45, 7) is 0. The van der Waals surface area contributed by atoms with E-state index in [2.05, 4.69) is 21.2 Å². The van der Waals surface area contributed by atoms with Crippen LogP contribution in [0.5, 0.6) is 0 Å². The van der Waals surface area contributed by atoms with E-state index < -0.39 is 5.97 Å². The lowest BCUT2D eigenvalue weighted by atomic mass is 10.1. The van der Waals surface area contributed by atoms with Gasteiger partial charge in [0.1, 0.15) is 0 Å². The highest BCUT2D eigenvalue weighted by molar-refractivity contribution is 9.10. The Kier molecular flexibility index (Phi) is 4.47. The van der Waals surface area contributed by atoms with E-state index in [1.807, 2.05) is 0 Å². The minimum Gasteiger partial charge on any atom is -0.481 e. The number of hydrogen-bond donors (Lipinski definition) is 2. The number of carbonyl (C=O) groups excluding carboxylic acids is 1. The molecule has 6 heteroatoms. The first kappa shape index (κ1) is 14.3. The van der Waals surface area contributed by atoms with E-state index in [-0.39, 0.29) is 24.3 Å². The van der Waals surface area contributed by atoms with Crippen molar-refractivity contribution in [1.82, 2.24) is 5.32 Å². The molecule has 0 bridgehead atoms. The minimum absolute atomic E-state index is 0.0535. The Labute approximate surface area is 124 Å². The van der Waals surface area contributed by atoms with Gasteiger partial charge in [-0.15, -0.1) is 0 Å². The lowest BCUT2D eigenvalue weighted by molar-refractivity contribution is -0.137. The second-order valence-corrected chi connectivity index (χ2v) is 5.85. The van der Waals surface area contributed by atoms with Gasteiger partial charge in [0, 0.05) is 10.5 Å². The van der Waals surface area contributed by atoms with Gasteiger partial charge in [0.25, 0.3) is 5.91 Å². The summed E-state index contributed by atoms with van der Waals surface area (Å²) in [4.78, 5) is 22.9. The molecule has 1 aromatic rings. The molecule has 1 aromatic carbocycles. The maximum atomic E-state index is 12.1. The zero-order chi connectivity index (χ0) is 14.0. The smallest absolute Gasteiger partial charge is 0.305 e. The molecule has 1 unspecified atom stereocenters. The molecule has 2 N–H and O–H groups in total. The van der Waals surface area contributed by atoms with E-state index in [1.165, 1.54) is 0 Å². The van der Waals surface area contributed by atoms with Gasteiger partial charge in [0.05, 0.1) is 17.0 Å². The Hall–Kier alpha value is -1.07. The molecule has 1 aliphatic carbocycles. The van der Waals surface area contributed by atoms with Crippen LogP contribution in [-0.2, 0) is 4.79 Å². The lowest BCUT2D eigenvalue weighted by Crippen LogP contribution is -2.38. The largest absolute Gasteiger partial charge is 0.481 e. The fourth-order valence-corrected chi connectivity index (χ4v) is 2.53. The van der Waals surface area contributed by atoms with Crippen molar-refractivity contribution < 1.29 is 14.7 Å². The molecule has 1 saturated carbocycles. The van der Waals surface area contributed by atoms with Gasteiger partial charge in [-0.05, 0) is 46.8 Å². The number of hydrogen-bond acceptors (Lipinski definition) is 2. The number of benzene rings is 1. The van der Waals surface area contributed by atoms with Gasteiger partial charge in [-0.2, -0.15) is 0 Å². The fraction of sp³-hybridized carbons (Fsp3) is 0.385. The van der Waals surface area contributed by atoms with Crippen molar-refractivity contribution in [3.8, 4) is 0 Å². The molecule has 0 aromatic heterocycles. The average molecular weight is 347 g/mol. The zero-order valence-electron chi connectivity index (χ0n) is 10.0. The van der Waals surface area contributed by atoms with Crippen LogP contribution in [0, 0.1) is 5.92 Å². The summed E-state index contributed by atoms with van der Waals surface area (Å²) >= 11 is 9.30. The monoisotopic (exact) mass is 345 g/mol.